The summed E-state index contributed by atoms with van der Waals surface area (Å²) in [5, 5.41) is 13.8. The molecule has 0 aliphatic carbocycles. The predicted molar refractivity (Wildman–Crippen MR) is 75.7 cm³/mol. The van der Waals surface area contributed by atoms with E-state index in [1.54, 1.807) is 24.3 Å². The largest absolute Gasteiger partial charge is 0.467 e. The number of pyridine rings is 1. The molecule has 0 radical (unpaired) electrons. The molecule has 108 valence electrons. The van der Waals surface area contributed by atoms with E-state index in [4.69, 9.17) is 4.74 Å². The van der Waals surface area contributed by atoms with Crippen LogP contribution in [0.2, 0.25) is 0 Å². The maximum absolute atomic E-state index is 11.9. The number of ether oxygens (including phenoxy) is 1. The lowest BCUT2D eigenvalue weighted by Crippen LogP contribution is -2.22. The van der Waals surface area contributed by atoms with Gasteiger partial charge in [-0.15, -0.1) is 0 Å². The third kappa shape index (κ3) is 3.33. The van der Waals surface area contributed by atoms with E-state index < -0.39 is 16.9 Å². The molecule has 21 heavy (non-hydrogen) atoms. The zero-order valence-electron chi connectivity index (χ0n) is 11.2. The minimum absolute atomic E-state index is 0.203. The molecule has 1 aromatic carbocycles. The fraction of sp³-hybridized carbons (Fsp3) is 0.143. The van der Waals surface area contributed by atoms with Crippen molar-refractivity contribution in [1.82, 2.24) is 4.98 Å². The summed E-state index contributed by atoms with van der Waals surface area (Å²) >= 11 is 0. The van der Waals surface area contributed by atoms with E-state index in [0.717, 1.165) is 6.20 Å². The number of nitrogens with zero attached hydrogens (tertiary/aromatic N) is 2. The molecule has 1 heterocycles. The van der Waals surface area contributed by atoms with Crippen LogP contribution >= 0.6 is 0 Å². The average Bonchev–Trinajstić information content (AvgIpc) is 2.53. The first kappa shape index (κ1) is 14.4. The molecule has 2 aromatic rings. The Labute approximate surface area is 120 Å². The second kappa shape index (κ2) is 6.47. The Kier molecular flexibility index (Phi) is 4.45. The highest BCUT2D eigenvalue weighted by molar-refractivity contribution is 5.82. The van der Waals surface area contributed by atoms with Crippen molar-refractivity contribution in [3.63, 3.8) is 0 Å². The van der Waals surface area contributed by atoms with Crippen molar-refractivity contribution in [2.75, 3.05) is 12.4 Å². The smallest absolute Gasteiger partial charge is 0.332 e. The number of benzene rings is 1. The molecule has 0 amide bonds. The third-order valence-electron chi connectivity index (χ3n) is 2.87. The molecule has 0 bridgehead atoms. The Morgan fingerprint density at radius 1 is 1.33 bits per heavy atom. The van der Waals surface area contributed by atoms with Gasteiger partial charge in [-0.25, -0.2) is 4.79 Å². The van der Waals surface area contributed by atoms with Crippen molar-refractivity contribution in [1.29, 1.82) is 0 Å². The summed E-state index contributed by atoms with van der Waals surface area (Å²) in [5.41, 5.74) is 0.645. The second-order valence-electron chi connectivity index (χ2n) is 4.16. The molecular weight excluding hydrogens is 274 g/mol. The lowest BCUT2D eigenvalue weighted by Gasteiger charge is -2.17. The molecule has 7 nitrogen and oxygen atoms in total. The normalized spacial score (nSPS) is 11.5. The highest BCUT2D eigenvalue weighted by Gasteiger charge is 2.24. The fourth-order valence-electron chi connectivity index (χ4n) is 1.85. The SMILES string of the molecule is COC(=O)C(Nc1ccncc1[N+](=O)[O-])c1ccccc1. The number of rotatable bonds is 5. The summed E-state index contributed by atoms with van der Waals surface area (Å²) in [4.78, 5) is 26.1. The summed E-state index contributed by atoms with van der Waals surface area (Å²) in [6, 6.07) is 9.44. The van der Waals surface area contributed by atoms with Crippen molar-refractivity contribution in [3.05, 3.63) is 64.5 Å². The van der Waals surface area contributed by atoms with Gasteiger partial charge in [0.1, 0.15) is 11.9 Å². The molecule has 7 heteroatoms. The van der Waals surface area contributed by atoms with Gasteiger partial charge >= 0.3 is 11.7 Å². The molecule has 0 saturated heterocycles. The van der Waals surface area contributed by atoms with E-state index >= 15 is 0 Å². The molecule has 0 aliphatic heterocycles. The number of carbonyl (C=O) groups is 1. The van der Waals surface area contributed by atoms with Gasteiger partial charge in [0.25, 0.3) is 0 Å². The molecule has 1 atom stereocenters. The maximum Gasteiger partial charge on any atom is 0.332 e. The topological polar surface area (TPSA) is 94.4 Å². The average molecular weight is 287 g/mol. The quantitative estimate of drug-likeness (QED) is 0.515. The van der Waals surface area contributed by atoms with Gasteiger partial charge in [0.05, 0.1) is 12.0 Å². The molecule has 1 unspecified atom stereocenters. The van der Waals surface area contributed by atoms with Gasteiger partial charge in [0, 0.05) is 6.20 Å². The van der Waals surface area contributed by atoms with Crippen LogP contribution in [-0.4, -0.2) is 23.0 Å². The van der Waals surface area contributed by atoms with Gasteiger partial charge in [-0.2, -0.15) is 0 Å². The van der Waals surface area contributed by atoms with Gasteiger partial charge in [-0.05, 0) is 11.6 Å². The number of carbonyl (C=O) groups excluding carboxylic acids is 1. The Balaban J connectivity index is 2.37. The minimum atomic E-state index is -0.836. The van der Waals surface area contributed by atoms with Crippen LogP contribution in [0.4, 0.5) is 11.4 Å². The van der Waals surface area contributed by atoms with Crippen molar-refractivity contribution < 1.29 is 14.5 Å². The van der Waals surface area contributed by atoms with E-state index in [2.05, 4.69) is 10.3 Å². The first-order valence-electron chi connectivity index (χ1n) is 6.11. The highest BCUT2D eigenvalue weighted by atomic mass is 16.6. The number of aromatic nitrogens is 1. The molecule has 2 rings (SSSR count). The second-order valence-corrected chi connectivity index (χ2v) is 4.16. The number of methoxy groups -OCH3 is 1. The summed E-state index contributed by atoms with van der Waals surface area (Å²) in [7, 11) is 1.26. The Bertz CT molecular complexity index is 646. The van der Waals surface area contributed by atoms with Crippen LogP contribution in [0.5, 0.6) is 0 Å². The minimum Gasteiger partial charge on any atom is -0.467 e. The van der Waals surface area contributed by atoms with E-state index in [1.807, 2.05) is 6.07 Å². The number of esters is 1. The Hall–Kier alpha value is -2.96. The van der Waals surface area contributed by atoms with Crippen LogP contribution in [0.15, 0.2) is 48.8 Å². The molecule has 0 saturated carbocycles. The summed E-state index contributed by atoms with van der Waals surface area (Å²) in [6.07, 6.45) is 2.54. The predicted octanol–water partition coefficient (Wildman–Crippen LogP) is 2.32. The van der Waals surface area contributed by atoms with Gasteiger partial charge in [0.15, 0.2) is 6.04 Å². The number of anilines is 1. The molecular formula is C14H13N3O4. The molecule has 0 spiro atoms. The molecule has 0 fully saturated rings. The van der Waals surface area contributed by atoms with Crippen molar-refractivity contribution in [2.24, 2.45) is 0 Å². The lowest BCUT2D eigenvalue weighted by atomic mass is 10.1. The zero-order chi connectivity index (χ0) is 15.2. The number of hydrogen-bond donors (Lipinski definition) is 1. The highest BCUT2D eigenvalue weighted by Crippen LogP contribution is 2.27. The molecule has 1 aromatic heterocycles. The van der Waals surface area contributed by atoms with Crippen molar-refractivity contribution >= 4 is 17.3 Å². The number of nitro groups is 1. The van der Waals surface area contributed by atoms with E-state index in [0.29, 0.717) is 5.56 Å². The van der Waals surface area contributed by atoms with Gasteiger partial charge in [0.2, 0.25) is 0 Å². The van der Waals surface area contributed by atoms with Gasteiger partial charge < -0.3 is 10.1 Å². The first-order chi connectivity index (χ1) is 10.1. The van der Waals surface area contributed by atoms with E-state index in [1.165, 1.54) is 19.4 Å². The Morgan fingerprint density at radius 3 is 2.67 bits per heavy atom. The summed E-state index contributed by atoms with van der Waals surface area (Å²) in [6.45, 7) is 0. The Morgan fingerprint density at radius 2 is 2.05 bits per heavy atom. The van der Waals surface area contributed by atoms with Crippen LogP contribution in [0.3, 0.4) is 0 Å². The standard InChI is InChI=1S/C14H13N3O4/c1-21-14(18)13(10-5-3-2-4-6-10)16-11-7-8-15-9-12(11)17(19)20/h2-9,13H,1H3,(H,15,16). The van der Waals surface area contributed by atoms with Crippen molar-refractivity contribution in [3.8, 4) is 0 Å². The maximum atomic E-state index is 11.9. The van der Waals surface area contributed by atoms with Crippen LogP contribution in [0.1, 0.15) is 11.6 Å². The van der Waals surface area contributed by atoms with E-state index in [-0.39, 0.29) is 11.4 Å². The van der Waals surface area contributed by atoms with Crippen LogP contribution < -0.4 is 5.32 Å². The van der Waals surface area contributed by atoms with Gasteiger partial charge in [-0.3, -0.25) is 15.1 Å². The molecule has 0 aliphatic rings. The fourth-order valence-corrected chi connectivity index (χ4v) is 1.85. The summed E-state index contributed by atoms with van der Waals surface area (Å²) < 4.78 is 4.75. The molecule has 1 N–H and O–H groups in total. The lowest BCUT2D eigenvalue weighted by molar-refractivity contribution is -0.384. The number of nitrogens with one attached hydrogen (secondary N) is 1. The van der Waals surface area contributed by atoms with Crippen LogP contribution in [0.25, 0.3) is 0 Å². The zero-order valence-corrected chi connectivity index (χ0v) is 11.2. The van der Waals surface area contributed by atoms with Crippen molar-refractivity contribution in [2.45, 2.75) is 6.04 Å². The van der Waals surface area contributed by atoms with Crippen LogP contribution in [0, 0.1) is 10.1 Å². The first-order valence-corrected chi connectivity index (χ1v) is 6.11. The summed E-state index contributed by atoms with van der Waals surface area (Å²) in [5.74, 6) is -0.535. The van der Waals surface area contributed by atoms with Crippen LogP contribution in [-0.2, 0) is 9.53 Å². The third-order valence-corrected chi connectivity index (χ3v) is 2.87. The monoisotopic (exact) mass is 287 g/mol. The number of hydrogen-bond acceptors (Lipinski definition) is 6. The van der Waals surface area contributed by atoms with Gasteiger partial charge in [-0.1, -0.05) is 30.3 Å². The van der Waals surface area contributed by atoms with E-state index in [9.17, 15) is 14.9 Å².